The molecular weight excluding hydrogens is 354 g/mol. The number of unbranched alkanes of at least 4 members (excludes halogenated alkanes) is 1. The van der Waals surface area contributed by atoms with Crippen LogP contribution in [0.4, 0.5) is 0 Å². The quantitative estimate of drug-likeness (QED) is 0.272. The molecule has 22 heavy (non-hydrogen) atoms. The summed E-state index contributed by atoms with van der Waals surface area (Å²) in [6, 6.07) is 4.86. The lowest BCUT2D eigenvalue weighted by Crippen LogP contribution is -2.33. The van der Waals surface area contributed by atoms with Crippen LogP contribution in [0.25, 0.3) is 6.08 Å². The molecule has 1 aromatic carbocycles. The second-order valence-corrected chi connectivity index (χ2v) is 5.33. The minimum absolute atomic E-state index is 0.152. The number of hydroxylamine groups is 1. The topological polar surface area (TPSA) is 111 Å². The molecule has 0 heterocycles. The first-order chi connectivity index (χ1) is 10.5. The largest absolute Gasteiger partial charge is 0.508 e. The van der Waals surface area contributed by atoms with E-state index in [1.807, 2.05) is 0 Å². The monoisotopic (exact) mass is 371 g/mol. The van der Waals surface area contributed by atoms with Crippen molar-refractivity contribution in [2.24, 2.45) is 0 Å². The van der Waals surface area contributed by atoms with Crippen molar-refractivity contribution in [3.8, 4) is 5.75 Å². The van der Waals surface area contributed by atoms with Gasteiger partial charge in [0, 0.05) is 23.5 Å². The Morgan fingerprint density at radius 2 is 1.86 bits per heavy atom. The van der Waals surface area contributed by atoms with Crippen molar-refractivity contribution >= 4 is 33.8 Å². The molecule has 0 fully saturated rings. The highest BCUT2D eigenvalue weighted by Gasteiger charge is 2.02. The fourth-order valence-corrected chi connectivity index (χ4v) is 1.98. The molecule has 0 aliphatic heterocycles. The van der Waals surface area contributed by atoms with Crippen molar-refractivity contribution in [3.05, 3.63) is 34.4 Å². The number of carbonyl (C=O) groups is 2. The third-order valence-electron chi connectivity index (χ3n) is 2.72. The van der Waals surface area contributed by atoms with E-state index >= 15 is 0 Å². The maximum Gasteiger partial charge on any atom is 0.243 e. The molecule has 2 amide bonds. The minimum Gasteiger partial charge on any atom is -0.508 e. The fourth-order valence-electron chi connectivity index (χ4n) is 1.60. The average Bonchev–Trinajstić information content (AvgIpc) is 2.51. The first kappa shape index (κ1) is 18.0. The van der Waals surface area contributed by atoms with Gasteiger partial charge >= 0.3 is 0 Å². The van der Waals surface area contributed by atoms with Gasteiger partial charge in [-0.15, -0.1) is 0 Å². The molecule has 0 aliphatic carbocycles. The molecule has 0 radical (unpaired) electrons. The van der Waals surface area contributed by atoms with Gasteiger partial charge in [0.15, 0.2) is 0 Å². The molecule has 0 aromatic heterocycles. The van der Waals surface area contributed by atoms with Crippen molar-refractivity contribution in [1.82, 2.24) is 16.3 Å². The molecular formula is C14H18BrN3O4. The van der Waals surface area contributed by atoms with E-state index in [1.165, 1.54) is 11.7 Å². The Labute approximate surface area is 136 Å². The molecule has 0 saturated heterocycles. The summed E-state index contributed by atoms with van der Waals surface area (Å²) in [5.74, 6) is -0.513. The van der Waals surface area contributed by atoms with Gasteiger partial charge in [0.2, 0.25) is 11.8 Å². The lowest BCUT2D eigenvalue weighted by atomic mass is 10.2. The van der Waals surface area contributed by atoms with Gasteiger partial charge in [-0.1, -0.05) is 15.9 Å². The Balaban J connectivity index is 2.23. The van der Waals surface area contributed by atoms with Crippen LogP contribution in [0.1, 0.15) is 31.2 Å². The van der Waals surface area contributed by atoms with Gasteiger partial charge in [0.1, 0.15) is 5.75 Å². The van der Waals surface area contributed by atoms with Crippen molar-refractivity contribution in [1.29, 1.82) is 0 Å². The predicted molar refractivity (Wildman–Crippen MR) is 84.5 cm³/mol. The summed E-state index contributed by atoms with van der Waals surface area (Å²) in [7, 11) is 0. The summed E-state index contributed by atoms with van der Waals surface area (Å²) in [6.45, 7) is 0. The van der Waals surface area contributed by atoms with Crippen LogP contribution in [0, 0.1) is 0 Å². The van der Waals surface area contributed by atoms with Gasteiger partial charge in [0.25, 0.3) is 0 Å². The van der Waals surface area contributed by atoms with Gasteiger partial charge in [0.05, 0.1) is 0 Å². The summed E-state index contributed by atoms with van der Waals surface area (Å²) in [5, 5.41) is 17.7. The maximum absolute atomic E-state index is 11.5. The van der Waals surface area contributed by atoms with Gasteiger partial charge < -0.3 is 10.5 Å². The molecule has 0 unspecified atom stereocenters. The highest BCUT2D eigenvalue weighted by molar-refractivity contribution is 9.10. The zero-order chi connectivity index (χ0) is 16.4. The molecule has 1 aromatic rings. The number of hydrazine groups is 1. The Morgan fingerprint density at radius 3 is 2.55 bits per heavy atom. The number of nitrogens with one attached hydrogen (secondary N) is 3. The molecule has 0 aliphatic rings. The SMILES string of the molecule is O=C(CCCCC(=O)NN/C=C/c1cc(O)ccc1Br)NO. The lowest BCUT2D eigenvalue weighted by Gasteiger charge is -2.05. The number of phenols is 1. The van der Waals surface area contributed by atoms with Crippen molar-refractivity contribution in [2.75, 3.05) is 0 Å². The number of benzene rings is 1. The zero-order valence-electron chi connectivity index (χ0n) is 11.8. The molecule has 1 rings (SSSR count). The van der Waals surface area contributed by atoms with Gasteiger partial charge in [-0.2, -0.15) is 0 Å². The summed E-state index contributed by atoms with van der Waals surface area (Å²) in [5.41, 5.74) is 7.42. The van der Waals surface area contributed by atoms with Gasteiger partial charge in [-0.25, -0.2) is 5.48 Å². The summed E-state index contributed by atoms with van der Waals surface area (Å²) >= 11 is 3.34. The van der Waals surface area contributed by atoms with Crippen LogP contribution < -0.4 is 16.3 Å². The maximum atomic E-state index is 11.5. The van der Waals surface area contributed by atoms with E-state index in [-0.39, 0.29) is 24.5 Å². The Morgan fingerprint density at radius 1 is 1.18 bits per heavy atom. The normalized spacial score (nSPS) is 10.5. The fraction of sp³-hybridized carbons (Fsp3) is 0.286. The number of rotatable bonds is 8. The Bertz CT molecular complexity index is 549. The second kappa shape index (κ2) is 9.80. The van der Waals surface area contributed by atoms with Crippen molar-refractivity contribution < 1.29 is 19.9 Å². The highest BCUT2D eigenvalue weighted by atomic mass is 79.9. The number of carbonyl (C=O) groups excluding carboxylic acids is 2. The third kappa shape index (κ3) is 7.09. The van der Waals surface area contributed by atoms with Crippen molar-refractivity contribution in [2.45, 2.75) is 25.7 Å². The number of amides is 2. The van der Waals surface area contributed by atoms with E-state index in [0.717, 1.165) is 10.0 Å². The Kier molecular flexibility index (Phi) is 8.01. The zero-order valence-corrected chi connectivity index (χ0v) is 13.4. The second-order valence-electron chi connectivity index (χ2n) is 4.47. The summed E-state index contributed by atoms with van der Waals surface area (Å²) < 4.78 is 0.817. The van der Waals surface area contributed by atoms with Crippen LogP contribution in [0.5, 0.6) is 5.75 Å². The number of aromatic hydroxyl groups is 1. The molecule has 5 N–H and O–H groups in total. The van der Waals surface area contributed by atoms with Crippen LogP contribution in [0.3, 0.4) is 0 Å². The first-order valence-electron chi connectivity index (χ1n) is 6.65. The Hall–Kier alpha value is -2.06. The smallest absolute Gasteiger partial charge is 0.243 e. The third-order valence-corrected chi connectivity index (χ3v) is 3.44. The van der Waals surface area contributed by atoms with Gasteiger partial charge in [-0.3, -0.25) is 20.2 Å². The van der Waals surface area contributed by atoms with Crippen molar-refractivity contribution in [3.63, 3.8) is 0 Å². The van der Waals surface area contributed by atoms with Crippen LogP contribution >= 0.6 is 15.9 Å². The number of hydrogen-bond acceptors (Lipinski definition) is 5. The summed E-state index contributed by atoms with van der Waals surface area (Å²) in [6.07, 6.45) is 4.75. The number of halogens is 1. The van der Waals surface area contributed by atoms with E-state index in [0.29, 0.717) is 12.8 Å². The minimum atomic E-state index is -0.460. The number of hydrogen-bond donors (Lipinski definition) is 5. The number of phenolic OH excluding ortho intramolecular Hbond substituents is 1. The molecule has 0 bridgehead atoms. The van der Waals surface area contributed by atoms with E-state index < -0.39 is 5.91 Å². The van der Waals surface area contributed by atoms with E-state index in [2.05, 4.69) is 26.8 Å². The lowest BCUT2D eigenvalue weighted by molar-refractivity contribution is -0.129. The van der Waals surface area contributed by atoms with Crippen LogP contribution in [-0.4, -0.2) is 22.1 Å². The van der Waals surface area contributed by atoms with Gasteiger partial charge in [-0.05, 0) is 42.7 Å². The molecule has 7 nitrogen and oxygen atoms in total. The standard InChI is InChI=1S/C14H18BrN3O4/c15-12-6-5-11(19)9-10(12)7-8-16-17-13(20)3-1-2-4-14(21)18-22/h5-9,16,19,22H,1-4H2,(H,17,20)(H,18,21)/b8-7+. The average molecular weight is 372 g/mol. The molecule has 0 spiro atoms. The molecule has 120 valence electrons. The molecule has 0 saturated carbocycles. The molecule has 8 heteroatoms. The first-order valence-corrected chi connectivity index (χ1v) is 7.44. The van der Waals surface area contributed by atoms with Crippen LogP contribution in [0.2, 0.25) is 0 Å². The molecule has 0 atom stereocenters. The highest BCUT2D eigenvalue weighted by Crippen LogP contribution is 2.22. The summed E-state index contributed by atoms with van der Waals surface area (Å²) in [4.78, 5) is 22.2. The van der Waals surface area contributed by atoms with E-state index in [9.17, 15) is 14.7 Å². The predicted octanol–water partition coefficient (Wildman–Crippen LogP) is 1.81. The van der Waals surface area contributed by atoms with E-state index in [4.69, 9.17) is 5.21 Å². The van der Waals surface area contributed by atoms with Crippen LogP contribution in [0.15, 0.2) is 28.9 Å². The van der Waals surface area contributed by atoms with E-state index in [1.54, 1.807) is 24.3 Å². The van der Waals surface area contributed by atoms with Crippen LogP contribution in [-0.2, 0) is 9.59 Å².